The summed E-state index contributed by atoms with van der Waals surface area (Å²) in [5.41, 5.74) is 0.803. The molecule has 6 heteroatoms. The fourth-order valence-corrected chi connectivity index (χ4v) is 2.23. The van der Waals surface area contributed by atoms with E-state index >= 15 is 0 Å². The minimum atomic E-state index is -0.618. The second-order valence-electron chi connectivity index (χ2n) is 3.89. The quantitative estimate of drug-likeness (QED) is 0.937. The Labute approximate surface area is 119 Å². The number of hydrogen-bond acceptors (Lipinski definition) is 3. The number of aliphatic hydroxyl groups is 1. The highest BCUT2D eigenvalue weighted by Gasteiger charge is 2.13. The molecule has 1 unspecified atom stereocenters. The summed E-state index contributed by atoms with van der Waals surface area (Å²) < 4.78 is 2.55. The van der Waals surface area contributed by atoms with Crippen molar-refractivity contribution in [3.8, 4) is 0 Å². The van der Waals surface area contributed by atoms with E-state index in [0.717, 1.165) is 22.4 Å². The first kappa shape index (κ1) is 13.5. The molecule has 0 bridgehead atoms. The van der Waals surface area contributed by atoms with Crippen LogP contribution in [0.25, 0.3) is 0 Å². The van der Waals surface area contributed by atoms with Gasteiger partial charge in [0.25, 0.3) is 0 Å². The summed E-state index contributed by atoms with van der Waals surface area (Å²) in [6.07, 6.45) is 1.32. The van der Waals surface area contributed by atoms with Crippen molar-refractivity contribution >= 4 is 27.5 Å². The van der Waals surface area contributed by atoms with Crippen molar-refractivity contribution in [1.82, 2.24) is 14.8 Å². The molecule has 96 valence electrons. The van der Waals surface area contributed by atoms with E-state index in [9.17, 15) is 5.11 Å². The highest BCUT2D eigenvalue weighted by Crippen LogP contribution is 2.27. The van der Waals surface area contributed by atoms with Crippen molar-refractivity contribution < 1.29 is 5.11 Å². The zero-order chi connectivity index (χ0) is 13.1. The van der Waals surface area contributed by atoms with Crippen molar-refractivity contribution in [2.45, 2.75) is 26.0 Å². The number of benzene rings is 1. The Hall–Kier alpha value is -0.910. The molecule has 1 aromatic carbocycles. The predicted octanol–water partition coefficient (Wildman–Crippen LogP) is 2.99. The van der Waals surface area contributed by atoms with E-state index in [2.05, 4.69) is 26.0 Å². The van der Waals surface area contributed by atoms with Crippen LogP contribution >= 0.6 is 27.5 Å². The van der Waals surface area contributed by atoms with Gasteiger partial charge in [-0.2, -0.15) is 5.10 Å². The molecule has 18 heavy (non-hydrogen) atoms. The molecule has 0 aliphatic carbocycles. The standard InChI is InChI=1S/C12H13BrClN3O/c1-2-17-12(15-7-16-17)6-11(18)8-3-4-10(14)9(13)5-8/h3-5,7,11,18H,2,6H2,1H3. The Balaban J connectivity index is 2.16. The maximum atomic E-state index is 10.2. The normalized spacial score (nSPS) is 12.7. The molecular formula is C12H13BrClN3O. The monoisotopic (exact) mass is 329 g/mol. The second-order valence-corrected chi connectivity index (χ2v) is 5.15. The van der Waals surface area contributed by atoms with E-state index in [-0.39, 0.29) is 0 Å². The lowest BCUT2D eigenvalue weighted by atomic mass is 10.1. The van der Waals surface area contributed by atoms with E-state index in [1.165, 1.54) is 6.33 Å². The number of aryl methyl sites for hydroxylation is 1. The highest BCUT2D eigenvalue weighted by atomic mass is 79.9. The minimum Gasteiger partial charge on any atom is -0.388 e. The van der Waals surface area contributed by atoms with Crippen LogP contribution in [0.5, 0.6) is 0 Å². The lowest BCUT2D eigenvalue weighted by Crippen LogP contribution is -2.09. The highest BCUT2D eigenvalue weighted by molar-refractivity contribution is 9.10. The van der Waals surface area contributed by atoms with Crippen molar-refractivity contribution in [3.05, 3.63) is 45.4 Å². The molecule has 1 atom stereocenters. The average Bonchev–Trinajstić information content (AvgIpc) is 2.79. The third-order valence-electron chi connectivity index (χ3n) is 2.70. The maximum Gasteiger partial charge on any atom is 0.138 e. The third kappa shape index (κ3) is 2.91. The number of aromatic nitrogens is 3. The summed E-state index contributed by atoms with van der Waals surface area (Å²) in [6.45, 7) is 2.73. The molecule has 0 amide bonds. The molecule has 4 nitrogen and oxygen atoms in total. The van der Waals surface area contributed by atoms with Crippen LogP contribution in [0, 0.1) is 0 Å². The van der Waals surface area contributed by atoms with E-state index in [1.807, 2.05) is 19.1 Å². The Morgan fingerprint density at radius 1 is 1.50 bits per heavy atom. The van der Waals surface area contributed by atoms with Gasteiger partial charge in [-0.05, 0) is 40.5 Å². The van der Waals surface area contributed by atoms with Gasteiger partial charge in [-0.25, -0.2) is 4.98 Å². The van der Waals surface area contributed by atoms with Crippen LogP contribution in [0.4, 0.5) is 0 Å². The molecule has 1 aromatic heterocycles. The number of hydrogen-bond donors (Lipinski definition) is 1. The molecule has 0 spiro atoms. The molecule has 2 aromatic rings. The summed E-state index contributed by atoms with van der Waals surface area (Å²) in [5, 5.41) is 14.9. The Kier molecular flexibility index (Phi) is 4.37. The number of halogens is 2. The second kappa shape index (κ2) is 5.82. The van der Waals surface area contributed by atoms with Gasteiger partial charge in [0.05, 0.1) is 11.1 Å². The number of aliphatic hydroxyl groups excluding tert-OH is 1. The van der Waals surface area contributed by atoms with E-state index in [0.29, 0.717) is 11.4 Å². The molecule has 0 saturated carbocycles. The first-order valence-electron chi connectivity index (χ1n) is 5.61. The Morgan fingerprint density at radius 3 is 2.94 bits per heavy atom. The summed E-state index contributed by atoms with van der Waals surface area (Å²) in [7, 11) is 0. The molecular weight excluding hydrogens is 318 g/mol. The molecule has 2 rings (SSSR count). The van der Waals surface area contributed by atoms with Crippen molar-refractivity contribution in [2.75, 3.05) is 0 Å². The maximum absolute atomic E-state index is 10.2. The third-order valence-corrected chi connectivity index (χ3v) is 3.91. The smallest absolute Gasteiger partial charge is 0.138 e. The summed E-state index contributed by atoms with van der Waals surface area (Å²) >= 11 is 9.26. The molecule has 1 N–H and O–H groups in total. The van der Waals surface area contributed by atoms with Crippen LogP contribution in [-0.2, 0) is 13.0 Å². The first-order valence-corrected chi connectivity index (χ1v) is 6.78. The summed E-state index contributed by atoms with van der Waals surface area (Å²) in [6, 6.07) is 5.39. The van der Waals surface area contributed by atoms with Gasteiger partial charge in [-0.15, -0.1) is 0 Å². The Morgan fingerprint density at radius 2 is 2.28 bits per heavy atom. The molecule has 0 fully saturated rings. The first-order chi connectivity index (χ1) is 8.61. The van der Waals surface area contributed by atoms with Gasteiger partial charge in [-0.3, -0.25) is 4.68 Å². The van der Waals surface area contributed by atoms with Crippen LogP contribution in [-0.4, -0.2) is 19.9 Å². The average molecular weight is 331 g/mol. The van der Waals surface area contributed by atoms with Gasteiger partial charge in [-0.1, -0.05) is 17.7 Å². The minimum absolute atomic E-state index is 0.432. The van der Waals surface area contributed by atoms with Crippen molar-refractivity contribution in [3.63, 3.8) is 0 Å². The van der Waals surface area contributed by atoms with Gasteiger partial charge in [0, 0.05) is 17.4 Å². The Bertz CT molecular complexity index is 544. The fourth-order valence-electron chi connectivity index (χ4n) is 1.72. The lowest BCUT2D eigenvalue weighted by Gasteiger charge is -2.11. The molecule has 0 radical (unpaired) electrons. The molecule has 0 saturated heterocycles. The van der Waals surface area contributed by atoms with Crippen molar-refractivity contribution in [1.29, 1.82) is 0 Å². The predicted molar refractivity (Wildman–Crippen MR) is 73.5 cm³/mol. The van der Waals surface area contributed by atoms with Crippen LogP contribution in [0.3, 0.4) is 0 Å². The van der Waals surface area contributed by atoms with Gasteiger partial charge in [0.2, 0.25) is 0 Å². The zero-order valence-corrected chi connectivity index (χ0v) is 12.2. The van der Waals surface area contributed by atoms with E-state index in [4.69, 9.17) is 11.6 Å². The lowest BCUT2D eigenvalue weighted by molar-refractivity contribution is 0.174. The van der Waals surface area contributed by atoms with E-state index < -0.39 is 6.10 Å². The molecule has 1 heterocycles. The topological polar surface area (TPSA) is 50.9 Å². The molecule has 0 aliphatic heterocycles. The molecule has 0 aliphatic rings. The van der Waals surface area contributed by atoms with Crippen LogP contribution in [0.2, 0.25) is 5.02 Å². The van der Waals surface area contributed by atoms with Gasteiger partial charge in [0.15, 0.2) is 0 Å². The van der Waals surface area contributed by atoms with E-state index in [1.54, 1.807) is 10.7 Å². The summed E-state index contributed by atoms with van der Waals surface area (Å²) in [4.78, 5) is 4.15. The van der Waals surface area contributed by atoms with Crippen LogP contribution in [0.1, 0.15) is 24.4 Å². The van der Waals surface area contributed by atoms with Gasteiger partial charge < -0.3 is 5.11 Å². The SMILES string of the molecule is CCn1ncnc1CC(O)c1ccc(Cl)c(Br)c1. The largest absolute Gasteiger partial charge is 0.388 e. The summed E-state index contributed by atoms with van der Waals surface area (Å²) in [5.74, 6) is 0.774. The van der Waals surface area contributed by atoms with Gasteiger partial charge in [0.1, 0.15) is 12.2 Å². The van der Waals surface area contributed by atoms with Gasteiger partial charge >= 0.3 is 0 Å². The zero-order valence-electron chi connectivity index (χ0n) is 9.85. The van der Waals surface area contributed by atoms with Crippen LogP contribution < -0.4 is 0 Å². The number of rotatable bonds is 4. The number of nitrogens with zero attached hydrogens (tertiary/aromatic N) is 3. The van der Waals surface area contributed by atoms with Crippen LogP contribution in [0.15, 0.2) is 29.0 Å². The fraction of sp³-hybridized carbons (Fsp3) is 0.333. The van der Waals surface area contributed by atoms with Crippen molar-refractivity contribution in [2.24, 2.45) is 0 Å².